The molecule has 146 valence electrons. The average Bonchev–Trinajstić information content (AvgIpc) is 2.61. The van der Waals surface area contributed by atoms with Crippen LogP contribution in [0.3, 0.4) is 0 Å². The molecule has 1 aromatic rings. The fraction of sp³-hybridized carbons (Fsp3) is 0.550. The van der Waals surface area contributed by atoms with E-state index in [2.05, 4.69) is 20.5 Å². The zero-order valence-corrected chi connectivity index (χ0v) is 16.3. The van der Waals surface area contributed by atoms with Gasteiger partial charge in [0, 0.05) is 23.6 Å². The van der Waals surface area contributed by atoms with E-state index in [0.29, 0.717) is 18.1 Å². The van der Waals surface area contributed by atoms with Gasteiger partial charge in [-0.1, -0.05) is 0 Å². The minimum Gasteiger partial charge on any atom is -0.351 e. The summed E-state index contributed by atoms with van der Waals surface area (Å²) >= 11 is 0. The topological polar surface area (TPSA) is 80.5 Å². The van der Waals surface area contributed by atoms with Crippen LogP contribution in [0.2, 0.25) is 0 Å². The van der Waals surface area contributed by atoms with Crippen molar-refractivity contribution in [1.82, 2.24) is 15.5 Å². The van der Waals surface area contributed by atoms with Crippen molar-refractivity contribution >= 4 is 11.7 Å². The standard InChI is InChI=1S/C20H28FN5O/c1-20(2,3)25-19(24-14-22)23-10-13-26-11-8-16(9-12-26)18(27)15-4-6-17(21)7-5-15/h4-7,16H,8-13H2,1-3H3,(H2,23,24,25). The van der Waals surface area contributed by atoms with E-state index in [1.165, 1.54) is 12.1 Å². The molecule has 0 spiro atoms. The van der Waals surface area contributed by atoms with Gasteiger partial charge in [0.25, 0.3) is 0 Å². The Balaban J connectivity index is 1.80. The van der Waals surface area contributed by atoms with Crippen LogP contribution in [0.25, 0.3) is 0 Å². The number of likely N-dealkylation sites (tertiary alicyclic amines) is 1. The lowest BCUT2D eigenvalue weighted by Gasteiger charge is -2.31. The van der Waals surface area contributed by atoms with Crippen molar-refractivity contribution in [1.29, 1.82) is 5.26 Å². The number of piperidine rings is 1. The highest BCUT2D eigenvalue weighted by molar-refractivity contribution is 5.97. The van der Waals surface area contributed by atoms with Crippen LogP contribution in [0.5, 0.6) is 0 Å². The smallest absolute Gasteiger partial charge is 0.205 e. The lowest BCUT2D eigenvalue weighted by molar-refractivity contribution is 0.0842. The molecule has 0 aliphatic carbocycles. The number of nitriles is 1. The summed E-state index contributed by atoms with van der Waals surface area (Å²) < 4.78 is 13.0. The molecule has 0 atom stereocenters. The number of hydrogen-bond donors (Lipinski definition) is 2. The molecule has 1 heterocycles. The lowest BCUT2D eigenvalue weighted by atomic mass is 9.89. The second-order valence-corrected chi connectivity index (χ2v) is 7.83. The zero-order chi connectivity index (χ0) is 19.9. The summed E-state index contributed by atoms with van der Waals surface area (Å²) in [4.78, 5) is 19.2. The predicted molar refractivity (Wildman–Crippen MR) is 104 cm³/mol. The van der Waals surface area contributed by atoms with Crippen LogP contribution in [0.15, 0.2) is 29.3 Å². The molecular weight excluding hydrogens is 345 g/mol. The molecule has 0 saturated carbocycles. The first-order valence-corrected chi connectivity index (χ1v) is 9.28. The van der Waals surface area contributed by atoms with E-state index in [4.69, 9.17) is 5.26 Å². The highest BCUT2D eigenvalue weighted by Crippen LogP contribution is 2.21. The Morgan fingerprint density at radius 1 is 1.30 bits per heavy atom. The molecule has 27 heavy (non-hydrogen) atoms. The van der Waals surface area contributed by atoms with Gasteiger partial charge >= 0.3 is 0 Å². The maximum atomic E-state index is 13.0. The molecular formula is C20H28FN5O. The summed E-state index contributed by atoms with van der Waals surface area (Å²) in [5.41, 5.74) is 0.404. The number of rotatable bonds is 5. The molecule has 2 rings (SSSR count). The fourth-order valence-corrected chi connectivity index (χ4v) is 3.09. The summed E-state index contributed by atoms with van der Waals surface area (Å²) in [5.74, 6) is 0.246. The van der Waals surface area contributed by atoms with E-state index in [-0.39, 0.29) is 23.1 Å². The van der Waals surface area contributed by atoms with Gasteiger partial charge in [-0.15, -0.1) is 0 Å². The minimum atomic E-state index is -0.326. The number of halogens is 1. The minimum absolute atomic E-state index is 0.00594. The first-order valence-electron chi connectivity index (χ1n) is 9.28. The molecule has 0 bridgehead atoms. The van der Waals surface area contributed by atoms with Crippen LogP contribution in [0.4, 0.5) is 4.39 Å². The van der Waals surface area contributed by atoms with E-state index in [1.807, 2.05) is 27.0 Å². The number of nitrogens with one attached hydrogen (secondary N) is 2. The molecule has 0 unspecified atom stereocenters. The summed E-state index contributed by atoms with van der Waals surface area (Å²) in [6, 6.07) is 5.78. The van der Waals surface area contributed by atoms with Crippen molar-refractivity contribution in [2.45, 2.75) is 39.2 Å². The van der Waals surface area contributed by atoms with Crippen LogP contribution < -0.4 is 10.6 Å². The molecule has 1 aliphatic heterocycles. The third-order valence-corrected chi connectivity index (χ3v) is 4.44. The van der Waals surface area contributed by atoms with Crippen molar-refractivity contribution in [3.05, 3.63) is 35.6 Å². The third-order valence-electron chi connectivity index (χ3n) is 4.44. The van der Waals surface area contributed by atoms with Gasteiger partial charge in [0.2, 0.25) is 5.96 Å². The zero-order valence-electron chi connectivity index (χ0n) is 16.3. The summed E-state index contributed by atoms with van der Waals surface area (Å²) in [5, 5.41) is 14.6. The molecule has 2 N–H and O–H groups in total. The molecule has 0 amide bonds. The lowest BCUT2D eigenvalue weighted by Crippen LogP contribution is -2.46. The van der Waals surface area contributed by atoms with Crippen molar-refractivity contribution < 1.29 is 9.18 Å². The maximum absolute atomic E-state index is 13.0. The van der Waals surface area contributed by atoms with Crippen molar-refractivity contribution in [2.75, 3.05) is 26.2 Å². The van der Waals surface area contributed by atoms with Gasteiger partial charge in [-0.05, 0) is 71.0 Å². The van der Waals surface area contributed by atoms with E-state index in [9.17, 15) is 9.18 Å². The SMILES string of the molecule is CC(C)(C)NC(=NCCN1CCC(C(=O)c2ccc(F)cc2)CC1)NC#N. The van der Waals surface area contributed by atoms with Crippen LogP contribution in [-0.4, -0.2) is 48.4 Å². The number of aliphatic imine (C=N–C) groups is 1. The van der Waals surface area contributed by atoms with Gasteiger partial charge in [0.05, 0.1) is 6.54 Å². The van der Waals surface area contributed by atoms with Crippen LogP contribution in [-0.2, 0) is 0 Å². The van der Waals surface area contributed by atoms with Gasteiger partial charge in [-0.2, -0.15) is 5.26 Å². The number of benzene rings is 1. The normalized spacial score (nSPS) is 16.6. The van der Waals surface area contributed by atoms with E-state index in [1.54, 1.807) is 12.1 Å². The van der Waals surface area contributed by atoms with E-state index < -0.39 is 0 Å². The highest BCUT2D eigenvalue weighted by Gasteiger charge is 2.25. The number of ketones is 1. The van der Waals surface area contributed by atoms with E-state index >= 15 is 0 Å². The number of carbonyl (C=O) groups is 1. The molecule has 1 aliphatic rings. The first kappa shape index (κ1) is 20.8. The highest BCUT2D eigenvalue weighted by atomic mass is 19.1. The van der Waals surface area contributed by atoms with Crippen molar-refractivity contribution in [3.8, 4) is 6.19 Å². The van der Waals surface area contributed by atoms with Gasteiger partial charge in [0.15, 0.2) is 12.0 Å². The first-order chi connectivity index (χ1) is 12.8. The Morgan fingerprint density at radius 2 is 1.93 bits per heavy atom. The summed E-state index contributed by atoms with van der Waals surface area (Å²) in [6.45, 7) is 9.03. The largest absolute Gasteiger partial charge is 0.351 e. The Morgan fingerprint density at radius 3 is 2.48 bits per heavy atom. The van der Waals surface area contributed by atoms with Crippen molar-refractivity contribution in [3.63, 3.8) is 0 Å². The van der Waals surface area contributed by atoms with Crippen LogP contribution in [0, 0.1) is 23.2 Å². The molecule has 7 heteroatoms. The number of hydrogen-bond acceptors (Lipinski definition) is 4. The Kier molecular flexibility index (Phi) is 7.31. The number of guanidine groups is 1. The van der Waals surface area contributed by atoms with Gasteiger partial charge in [0.1, 0.15) is 5.82 Å². The van der Waals surface area contributed by atoms with Crippen LogP contribution in [0.1, 0.15) is 44.0 Å². The Labute approximate surface area is 160 Å². The number of nitrogens with zero attached hydrogens (tertiary/aromatic N) is 3. The van der Waals surface area contributed by atoms with Crippen LogP contribution >= 0.6 is 0 Å². The second-order valence-electron chi connectivity index (χ2n) is 7.83. The van der Waals surface area contributed by atoms with Gasteiger partial charge in [-0.3, -0.25) is 15.1 Å². The Bertz CT molecular complexity index is 695. The quantitative estimate of drug-likeness (QED) is 0.273. The molecule has 6 nitrogen and oxygen atoms in total. The molecule has 0 aromatic heterocycles. The van der Waals surface area contributed by atoms with E-state index in [0.717, 1.165) is 32.5 Å². The second kappa shape index (κ2) is 9.47. The maximum Gasteiger partial charge on any atom is 0.205 e. The van der Waals surface area contributed by atoms with Crippen molar-refractivity contribution in [2.24, 2.45) is 10.9 Å². The monoisotopic (exact) mass is 373 g/mol. The third kappa shape index (κ3) is 6.99. The fourth-order valence-electron chi connectivity index (χ4n) is 3.09. The summed E-state index contributed by atoms with van der Waals surface area (Å²) in [7, 11) is 0. The summed E-state index contributed by atoms with van der Waals surface area (Å²) in [6.07, 6.45) is 3.49. The number of carbonyl (C=O) groups excluding carboxylic acids is 1. The number of Topliss-reactive ketones (excluding diaryl/α,β-unsaturated/α-hetero) is 1. The molecule has 1 fully saturated rings. The predicted octanol–water partition coefficient (Wildman–Crippen LogP) is 2.54. The average molecular weight is 373 g/mol. The Hall–Kier alpha value is -2.46. The molecule has 0 radical (unpaired) electrons. The molecule has 1 saturated heterocycles. The molecule has 1 aromatic carbocycles. The van der Waals surface area contributed by atoms with Gasteiger partial charge < -0.3 is 10.2 Å². The van der Waals surface area contributed by atoms with Gasteiger partial charge in [-0.25, -0.2) is 4.39 Å².